The van der Waals surface area contributed by atoms with Crippen LogP contribution in [0.15, 0.2) is 24.3 Å². The maximum absolute atomic E-state index is 3.87. The minimum absolute atomic E-state index is 0.0643. The lowest BCUT2D eigenvalue weighted by Gasteiger charge is -2.50. The van der Waals surface area contributed by atoms with Crippen LogP contribution in [0.3, 0.4) is 0 Å². The van der Waals surface area contributed by atoms with Crippen LogP contribution in [-0.2, 0) is 11.3 Å². The van der Waals surface area contributed by atoms with E-state index in [1.54, 1.807) is 5.56 Å². The summed E-state index contributed by atoms with van der Waals surface area (Å²) < 4.78 is 0. The SMILES string of the molecule is CCC(C)(C)P(Cc1ccccc1C(P)(C1CNCCN1)C1CNCCN1)C(C)(C)CC. The van der Waals surface area contributed by atoms with Gasteiger partial charge in [-0.05, 0) is 40.4 Å². The van der Waals surface area contributed by atoms with Crippen molar-refractivity contribution in [2.75, 3.05) is 39.3 Å². The Balaban J connectivity index is 2.06. The lowest BCUT2D eigenvalue weighted by molar-refractivity contribution is 0.255. The molecule has 0 bridgehead atoms. The minimum atomic E-state index is -0.203. The second-order valence-corrected chi connectivity index (χ2v) is 15.5. The summed E-state index contributed by atoms with van der Waals surface area (Å²) in [6, 6.07) is 10.1. The van der Waals surface area contributed by atoms with Crippen LogP contribution in [0.2, 0.25) is 0 Å². The molecule has 182 valence electrons. The Hall–Kier alpha value is -0.0800. The Bertz CT molecular complexity index is 690. The number of benzene rings is 1. The van der Waals surface area contributed by atoms with Crippen molar-refractivity contribution in [1.29, 1.82) is 0 Å². The van der Waals surface area contributed by atoms with Gasteiger partial charge >= 0.3 is 0 Å². The first-order valence-electron chi connectivity index (χ1n) is 12.7. The van der Waals surface area contributed by atoms with Gasteiger partial charge in [-0.15, -0.1) is 9.24 Å². The monoisotopic (exact) mass is 478 g/mol. The van der Waals surface area contributed by atoms with E-state index in [0.29, 0.717) is 22.4 Å². The highest BCUT2D eigenvalue weighted by Crippen LogP contribution is 2.64. The first-order chi connectivity index (χ1) is 15.2. The summed E-state index contributed by atoms with van der Waals surface area (Å²) in [5.41, 5.74) is 3.06. The van der Waals surface area contributed by atoms with Crippen molar-refractivity contribution in [2.45, 2.75) is 88.1 Å². The lowest BCUT2D eigenvalue weighted by atomic mass is 9.80. The maximum atomic E-state index is 3.87. The molecular weight excluding hydrogens is 430 g/mol. The average molecular weight is 479 g/mol. The van der Waals surface area contributed by atoms with E-state index in [0.717, 1.165) is 39.3 Å². The smallest absolute Gasteiger partial charge is 0.0429 e. The van der Waals surface area contributed by atoms with Crippen LogP contribution < -0.4 is 21.3 Å². The highest BCUT2D eigenvalue weighted by Gasteiger charge is 2.46. The molecule has 0 aromatic heterocycles. The first-order valence-corrected chi connectivity index (χ1v) is 14.8. The summed E-state index contributed by atoms with van der Waals surface area (Å²) >= 11 is 0. The number of hydrogen-bond donors (Lipinski definition) is 4. The molecule has 1 aromatic carbocycles. The van der Waals surface area contributed by atoms with Gasteiger partial charge in [-0.25, -0.2) is 0 Å². The third-order valence-corrected chi connectivity index (χ3v) is 13.6. The van der Waals surface area contributed by atoms with E-state index in [4.69, 9.17) is 0 Å². The van der Waals surface area contributed by atoms with E-state index < -0.39 is 0 Å². The molecule has 2 heterocycles. The molecule has 3 unspecified atom stereocenters. The third-order valence-electron chi connectivity index (χ3n) is 8.24. The van der Waals surface area contributed by atoms with Gasteiger partial charge in [-0.1, -0.05) is 73.7 Å². The Morgan fingerprint density at radius 2 is 1.34 bits per heavy atom. The molecule has 0 radical (unpaired) electrons. The van der Waals surface area contributed by atoms with Gasteiger partial charge in [0.15, 0.2) is 0 Å². The van der Waals surface area contributed by atoms with Crippen molar-refractivity contribution in [1.82, 2.24) is 21.3 Å². The van der Waals surface area contributed by atoms with Crippen molar-refractivity contribution in [3.8, 4) is 0 Å². The summed E-state index contributed by atoms with van der Waals surface area (Å²) in [7, 11) is 3.15. The van der Waals surface area contributed by atoms with Gasteiger partial charge < -0.3 is 21.3 Å². The van der Waals surface area contributed by atoms with Crippen molar-refractivity contribution < 1.29 is 0 Å². The predicted molar refractivity (Wildman–Crippen MR) is 147 cm³/mol. The summed E-state index contributed by atoms with van der Waals surface area (Å²) in [5, 5.41) is 15.7. The normalized spacial score (nSPS) is 25.0. The van der Waals surface area contributed by atoms with E-state index >= 15 is 0 Å². The second-order valence-electron chi connectivity index (χ2n) is 10.9. The maximum Gasteiger partial charge on any atom is 0.0429 e. The second kappa shape index (κ2) is 11.1. The van der Waals surface area contributed by atoms with E-state index in [9.17, 15) is 0 Å². The average Bonchev–Trinajstić information content (AvgIpc) is 2.83. The van der Waals surface area contributed by atoms with Crippen LogP contribution in [0.5, 0.6) is 0 Å². The number of nitrogens with one attached hydrogen (secondary N) is 4. The van der Waals surface area contributed by atoms with Crippen molar-refractivity contribution >= 4 is 17.2 Å². The van der Waals surface area contributed by atoms with Crippen LogP contribution in [0.1, 0.15) is 65.5 Å². The molecule has 32 heavy (non-hydrogen) atoms. The summed E-state index contributed by atoms with van der Waals surface area (Å²) in [5.74, 6) is 0. The largest absolute Gasteiger partial charge is 0.314 e. The Labute approximate surface area is 201 Å². The van der Waals surface area contributed by atoms with Gasteiger partial charge in [0.1, 0.15) is 0 Å². The molecule has 2 saturated heterocycles. The summed E-state index contributed by atoms with van der Waals surface area (Å²) in [6.45, 7) is 21.0. The zero-order valence-electron chi connectivity index (χ0n) is 21.4. The quantitative estimate of drug-likeness (QED) is 0.401. The zero-order valence-corrected chi connectivity index (χ0v) is 23.4. The molecule has 0 spiro atoms. The molecular formula is C26H48N4P2. The molecule has 4 nitrogen and oxygen atoms in total. The van der Waals surface area contributed by atoms with E-state index in [1.807, 2.05) is 0 Å². The Morgan fingerprint density at radius 1 is 0.844 bits per heavy atom. The molecule has 2 aliphatic heterocycles. The van der Waals surface area contributed by atoms with E-state index in [2.05, 4.69) is 96.3 Å². The summed E-state index contributed by atoms with van der Waals surface area (Å²) in [4.78, 5) is 0. The van der Waals surface area contributed by atoms with Crippen LogP contribution >= 0.6 is 17.2 Å². The van der Waals surface area contributed by atoms with Gasteiger partial charge in [0.05, 0.1) is 0 Å². The highest BCUT2D eigenvalue weighted by atomic mass is 31.1. The molecule has 3 rings (SSSR count). The van der Waals surface area contributed by atoms with Gasteiger partial charge in [0.2, 0.25) is 0 Å². The van der Waals surface area contributed by atoms with Gasteiger partial charge in [-0.2, -0.15) is 0 Å². The van der Waals surface area contributed by atoms with Crippen molar-refractivity contribution in [3.63, 3.8) is 0 Å². The van der Waals surface area contributed by atoms with Crippen molar-refractivity contribution in [3.05, 3.63) is 35.4 Å². The molecule has 3 atom stereocenters. The van der Waals surface area contributed by atoms with Gasteiger partial charge in [0.25, 0.3) is 0 Å². The van der Waals surface area contributed by atoms with Gasteiger partial charge in [-0.3, -0.25) is 0 Å². The van der Waals surface area contributed by atoms with Crippen molar-refractivity contribution in [2.24, 2.45) is 0 Å². The Kier molecular flexibility index (Phi) is 9.21. The first kappa shape index (κ1) is 26.5. The van der Waals surface area contributed by atoms with Crippen LogP contribution in [0.25, 0.3) is 0 Å². The fourth-order valence-electron chi connectivity index (χ4n) is 5.48. The van der Waals surface area contributed by atoms with E-state index in [1.165, 1.54) is 24.6 Å². The molecule has 4 N–H and O–H groups in total. The van der Waals surface area contributed by atoms with Crippen LogP contribution in [0.4, 0.5) is 0 Å². The predicted octanol–water partition coefficient (Wildman–Crippen LogP) is 4.24. The number of piperazine rings is 2. The fourth-order valence-corrected chi connectivity index (χ4v) is 10.1. The van der Waals surface area contributed by atoms with Crippen LogP contribution in [-0.4, -0.2) is 61.7 Å². The molecule has 2 fully saturated rings. The molecule has 0 saturated carbocycles. The number of rotatable bonds is 9. The molecule has 2 aliphatic rings. The fraction of sp³-hybridized carbons (Fsp3) is 0.769. The topological polar surface area (TPSA) is 48.1 Å². The molecule has 0 aliphatic carbocycles. The Morgan fingerprint density at radius 3 is 1.78 bits per heavy atom. The molecule has 0 amide bonds. The third kappa shape index (κ3) is 5.59. The molecule has 6 heteroatoms. The standard InChI is InChI=1S/C26H48N4P2/c1-7-24(3,4)32(25(5,6)8-2)19-20-11-9-10-12-21(20)26(31,22-17-27-13-15-29-22)23-18-28-14-16-30-23/h9-12,22-23,27-30H,7-8,13-19,31H2,1-6H3. The minimum Gasteiger partial charge on any atom is -0.314 e. The van der Waals surface area contributed by atoms with Gasteiger partial charge in [0, 0.05) is 56.5 Å². The van der Waals surface area contributed by atoms with Crippen LogP contribution in [0, 0.1) is 0 Å². The summed E-state index contributed by atoms with van der Waals surface area (Å²) in [6.07, 6.45) is 3.67. The zero-order chi connectivity index (χ0) is 23.4. The highest BCUT2D eigenvalue weighted by molar-refractivity contribution is 7.60. The lowest BCUT2D eigenvalue weighted by Crippen LogP contribution is -2.66. The number of hydrogen-bond acceptors (Lipinski definition) is 4. The van der Waals surface area contributed by atoms with E-state index in [-0.39, 0.29) is 13.1 Å². The molecule has 1 aromatic rings.